The van der Waals surface area contributed by atoms with Crippen molar-refractivity contribution in [2.24, 2.45) is 5.92 Å². The largest absolute Gasteiger partial charge is 0.479 e. The number of hydrogen-bond acceptors (Lipinski definition) is 8. The number of benzene rings is 2. The number of carboxylic acid groups (broad SMARTS) is 1. The van der Waals surface area contributed by atoms with E-state index in [-0.39, 0.29) is 18.1 Å². The lowest BCUT2D eigenvalue weighted by atomic mass is 9.80. The van der Waals surface area contributed by atoms with Crippen LogP contribution in [0.5, 0.6) is 0 Å². The fourth-order valence-corrected chi connectivity index (χ4v) is 6.68. The van der Waals surface area contributed by atoms with Gasteiger partial charge in [-0.15, -0.1) is 11.3 Å². The summed E-state index contributed by atoms with van der Waals surface area (Å²) in [5, 5.41) is 17.4. The van der Waals surface area contributed by atoms with E-state index in [0.717, 1.165) is 21.2 Å². The third-order valence-electron chi connectivity index (χ3n) is 7.67. The van der Waals surface area contributed by atoms with Crippen LogP contribution in [0.1, 0.15) is 78.3 Å². The Hall–Kier alpha value is -4.35. The number of ether oxygens (including phenoxy) is 2. The smallest absolute Gasteiger partial charge is 0.408 e. The van der Waals surface area contributed by atoms with Gasteiger partial charge in [0.1, 0.15) is 17.0 Å². The molecular weight excluding hydrogens is 594 g/mol. The van der Waals surface area contributed by atoms with Gasteiger partial charge in [0, 0.05) is 34.6 Å². The molecule has 3 N–H and O–H groups in total. The number of aryl methyl sites for hydroxylation is 1. The van der Waals surface area contributed by atoms with E-state index in [0.29, 0.717) is 39.3 Å². The number of Topliss-reactive ketones (excluding diaryl/α,β-unsaturated/α-hetero) is 1. The van der Waals surface area contributed by atoms with Crippen molar-refractivity contribution in [2.75, 3.05) is 12.4 Å². The maximum Gasteiger partial charge on any atom is 0.408 e. The Morgan fingerprint density at radius 1 is 1.02 bits per heavy atom. The van der Waals surface area contributed by atoms with E-state index in [1.54, 1.807) is 78.1 Å². The summed E-state index contributed by atoms with van der Waals surface area (Å²) in [7, 11) is 1.60. The average molecular weight is 634 g/mol. The van der Waals surface area contributed by atoms with Crippen LogP contribution in [-0.2, 0) is 27.3 Å². The molecule has 238 valence electrons. The number of aromatic nitrogens is 1. The normalized spacial score (nSPS) is 13.1. The lowest BCUT2D eigenvalue weighted by molar-refractivity contribution is -0.147. The number of rotatable bonds is 10. The third kappa shape index (κ3) is 6.99. The average Bonchev–Trinajstić information content (AvgIpc) is 3.29. The molecule has 11 heteroatoms. The van der Waals surface area contributed by atoms with Crippen LogP contribution in [-0.4, -0.2) is 52.1 Å². The van der Waals surface area contributed by atoms with E-state index in [9.17, 15) is 24.3 Å². The monoisotopic (exact) mass is 633 g/mol. The molecule has 0 radical (unpaired) electrons. The SMILES string of the molecule is COCc1ccc(C(C)=O)c2sc(C(=O)Nc3ccc4c(C[C@](NC(=O)OC(C)(C)C)(C(=O)O)C(C)C)cccc4n3)c(C)c12. The fourth-order valence-electron chi connectivity index (χ4n) is 5.37. The van der Waals surface area contributed by atoms with Crippen molar-refractivity contribution in [3.05, 3.63) is 69.6 Å². The molecule has 4 aromatic rings. The van der Waals surface area contributed by atoms with Gasteiger partial charge in [0.25, 0.3) is 5.91 Å². The predicted molar refractivity (Wildman–Crippen MR) is 175 cm³/mol. The van der Waals surface area contributed by atoms with Gasteiger partial charge < -0.3 is 25.2 Å². The zero-order valence-electron chi connectivity index (χ0n) is 26.8. The van der Waals surface area contributed by atoms with Crippen molar-refractivity contribution in [3.8, 4) is 0 Å². The maximum absolute atomic E-state index is 13.5. The number of aliphatic carboxylic acids is 1. The van der Waals surface area contributed by atoms with E-state index in [2.05, 4.69) is 15.6 Å². The molecule has 0 saturated heterocycles. The van der Waals surface area contributed by atoms with Gasteiger partial charge in [-0.2, -0.15) is 0 Å². The Kier molecular flexibility index (Phi) is 9.65. The highest BCUT2D eigenvalue weighted by atomic mass is 32.1. The van der Waals surface area contributed by atoms with Crippen molar-refractivity contribution in [3.63, 3.8) is 0 Å². The number of alkyl carbamates (subject to hydrolysis) is 1. The molecule has 0 saturated carbocycles. The van der Waals surface area contributed by atoms with Crippen LogP contribution >= 0.6 is 11.3 Å². The van der Waals surface area contributed by atoms with Crippen LogP contribution in [0.2, 0.25) is 0 Å². The minimum Gasteiger partial charge on any atom is -0.479 e. The highest BCUT2D eigenvalue weighted by molar-refractivity contribution is 7.21. The molecule has 2 aromatic carbocycles. The lowest BCUT2D eigenvalue weighted by Crippen LogP contribution is -2.60. The zero-order chi connectivity index (χ0) is 33.3. The van der Waals surface area contributed by atoms with Crippen molar-refractivity contribution in [2.45, 2.75) is 72.6 Å². The van der Waals surface area contributed by atoms with Crippen molar-refractivity contribution >= 4 is 61.9 Å². The molecule has 0 fully saturated rings. The first-order valence-corrected chi connectivity index (χ1v) is 15.4. The zero-order valence-corrected chi connectivity index (χ0v) is 27.6. The molecule has 10 nitrogen and oxygen atoms in total. The highest BCUT2D eigenvalue weighted by Gasteiger charge is 2.44. The predicted octanol–water partition coefficient (Wildman–Crippen LogP) is 6.91. The Morgan fingerprint density at radius 3 is 2.33 bits per heavy atom. The van der Waals surface area contributed by atoms with Crippen molar-refractivity contribution in [1.82, 2.24) is 10.3 Å². The standard InChI is InChI=1S/C34H39N3O7S/c1-18(2)34(31(40)41,37-32(42)44-33(5,6)7)16-21-10-9-11-25-24(21)14-15-26(35-25)36-30(39)28-19(3)27-22(17-43-8)12-13-23(20(4)38)29(27)45-28/h9-15,18H,16-17H2,1-8H3,(H,37,42)(H,40,41)(H,35,36,39)/t34-/m1/s1. The van der Waals surface area contributed by atoms with Gasteiger partial charge in [0.05, 0.1) is 17.0 Å². The number of pyridine rings is 1. The van der Waals surface area contributed by atoms with Crippen molar-refractivity contribution < 1.29 is 33.8 Å². The molecule has 0 aliphatic heterocycles. The minimum absolute atomic E-state index is 0.0206. The van der Waals surface area contributed by atoms with Crippen LogP contribution in [0.3, 0.4) is 0 Å². The summed E-state index contributed by atoms with van der Waals surface area (Å²) in [4.78, 5) is 56.3. The molecule has 0 aliphatic carbocycles. The van der Waals surface area contributed by atoms with E-state index in [1.807, 2.05) is 13.0 Å². The summed E-state index contributed by atoms with van der Waals surface area (Å²) >= 11 is 1.26. The van der Waals surface area contributed by atoms with Gasteiger partial charge in [-0.25, -0.2) is 14.6 Å². The Morgan fingerprint density at radius 2 is 1.73 bits per heavy atom. The molecule has 2 aromatic heterocycles. The van der Waals surface area contributed by atoms with E-state index in [4.69, 9.17) is 9.47 Å². The molecule has 0 unspecified atom stereocenters. The van der Waals surface area contributed by atoms with Gasteiger partial charge >= 0.3 is 12.1 Å². The highest BCUT2D eigenvalue weighted by Crippen LogP contribution is 2.37. The number of thiophene rings is 1. The Labute approximate surface area is 266 Å². The lowest BCUT2D eigenvalue weighted by Gasteiger charge is -2.35. The van der Waals surface area contributed by atoms with Gasteiger partial charge in [-0.3, -0.25) is 9.59 Å². The first-order chi connectivity index (χ1) is 21.1. The molecule has 0 aliphatic rings. The molecule has 0 bridgehead atoms. The van der Waals surface area contributed by atoms with Crippen molar-refractivity contribution in [1.29, 1.82) is 0 Å². The number of nitrogens with zero attached hydrogens (tertiary/aromatic N) is 1. The van der Waals surface area contributed by atoms with E-state index < -0.39 is 29.1 Å². The van der Waals surface area contributed by atoms with Crippen LogP contribution < -0.4 is 10.6 Å². The number of carbonyl (C=O) groups excluding carboxylic acids is 3. The number of hydrogen-bond donors (Lipinski definition) is 3. The summed E-state index contributed by atoms with van der Waals surface area (Å²) in [5.74, 6) is -1.80. The molecule has 2 heterocycles. The number of nitrogens with one attached hydrogen (secondary N) is 2. The van der Waals surface area contributed by atoms with Gasteiger partial charge in [-0.1, -0.05) is 32.0 Å². The molecule has 0 spiro atoms. The van der Waals surface area contributed by atoms with Crippen LogP contribution in [0.25, 0.3) is 21.0 Å². The minimum atomic E-state index is -1.65. The summed E-state index contributed by atoms with van der Waals surface area (Å²) in [6, 6.07) is 12.4. The Bertz CT molecular complexity index is 1810. The molecule has 45 heavy (non-hydrogen) atoms. The van der Waals surface area contributed by atoms with Gasteiger partial charge in [0.2, 0.25) is 0 Å². The number of carbonyl (C=O) groups is 4. The number of fused-ring (bicyclic) bond motifs is 2. The number of ketones is 1. The molecule has 1 atom stereocenters. The summed E-state index contributed by atoms with van der Waals surface area (Å²) in [5.41, 5.74) is 0.943. The maximum atomic E-state index is 13.5. The number of methoxy groups -OCH3 is 1. The van der Waals surface area contributed by atoms with Crippen LogP contribution in [0.15, 0.2) is 42.5 Å². The van der Waals surface area contributed by atoms with E-state index >= 15 is 0 Å². The van der Waals surface area contributed by atoms with E-state index in [1.165, 1.54) is 18.3 Å². The number of carboxylic acids is 1. The Balaban J connectivity index is 1.67. The third-order valence-corrected chi connectivity index (χ3v) is 9.00. The second-order valence-corrected chi connectivity index (χ2v) is 13.4. The second kappa shape index (κ2) is 12.9. The summed E-state index contributed by atoms with van der Waals surface area (Å²) in [6.07, 6.45) is -0.837. The first kappa shape index (κ1) is 33.5. The van der Waals surface area contributed by atoms with Crippen LogP contribution in [0, 0.1) is 12.8 Å². The summed E-state index contributed by atoms with van der Waals surface area (Å²) < 4.78 is 11.5. The van der Waals surface area contributed by atoms with Gasteiger partial charge in [0.15, 0.2) is 5.78 Å². The summed E-state index contributed by atoms with van der Waals surface area (Å²) in [6.45, 7) is 12.3. The molecule has 2 amide bonds. The molecular formula is C34H39N3O7S. The topological polar surface area (TPSA) is 144 Å². The fraction of sp³-hybridized carbons (Fsp3) is 0.382. The quantitative estimate of drug-likeness (QED) is 0.160. The number of anilines is 1. The molecule has 4 rings (SSSR count). The number of amides is 2. The van der Waals surface area contributed by atoms with Gasteiger partial charge in [-0.05, 0) is 81.5 Å². The van der Waals surface area contributed by atoms with Crippen LogP contribution in [0.4, 0.5) is 10.6 Å². The second-order valence-electron chi connectivity index (χ2n) is 12.4. The first-order valence-electron chi connectivity index (χ1n) is 14.6.